The van der Waals surface area contributed by atoms with Crippen LogP contribution in [0.4, 0.5) is 10.1 Å². The fraction of sp³-hybridized carbons (Fsp3) is 0.321. The summed E-state index contributed by atoms with van der Waals surface area (Å²) in [5.41, 5.74) is 3.72. The minimum absolute atomic E-state index is 0.00633. The van der Waals surface area contributed by atoms with Gasteiger partial charge >= 0.3 is 0 Å². The van der Waals surface area contributed by atoms with Gasteiger partial charge in [-0.2, -0.15) is 0 Å². The summed E-state index contributed by atoms with van der Waals surface area (Å²) in [4.78, 5) is 7.26. The third-order valence-electron chi connectivity index (χ3n) is 6.40. The Hall–Kier alpha value is -2.89. The zero-order valence-corrected chi connectivity index (χ0v) is 20.7. The molecule has 0 aliphatic heterocycles. The molecule has 0 fully saturated rings. The van der Waals surface area contributed by atoms with Gasteiger partial charge < -0.3 is 15.0 Å². The van der Waals surface area contributed by atoms with Crippen LogP contribution in [0.3, 0.4) is 0 Å². The van der Waals surface area contributed by atoms with Crippen LogP contribution in [-0.2, 0) is 0 Å². The Morgan fingerprint density at radius 2 is 1.74 bits per heavy atom. The van der Waals surface area contributed by atoms with Crippen LogP contribution in [0.15, 0.2) is 60.7 Å². The predicted molar refractivity (Wildman–Crippen MR) is 141 cm³/mol. The lowest BCUT2D eigenvalue weighted by Crippen LogP contribution is -2.25. The van der Waals surface area contributed by atoms with Crippen molar-refractivity contribution >= 4 is 39.1 Å². The van der Waals surface area contributed by atoms with Crippen LogP contribution in [0.5, 0.6) is 5.75 Å². The number of nitrogens with one attached hydrogen (secondary N) is 1. The first-order chi connectivity index (χ1) is 16.5. The van der Waals surface area contributed by atoms with Gasteiger partial charge in [0, 0.05) is 15.8 Å². The first-order valence-corrected chi connectivity index (χ1v) is 12.2. The van der Waals surface area contributed by atoms with E-state index in [-0.39, 0.29) is 11.9 Å². The van der Waals surface area contributed by atoms with E-state index in [1.807, 2.05) is 48.5 Å². The molecule has 1 N–H and O–H groups in total. The van der Waals surface area contributed by atoms with E-state index < -0.39 is 0 Å². The largest absolute Gasteiger partial charge is 0.497 e. The van der Waals surface area contributed by atoms with Crippen LogP contribution in [0.2, 0.25) is 5.02 Å². The van der Waals surface area contributed by atoms with Crippen molar-refractivity contribution in [2.75, 3.05) is 32.1 Å². The van der Waals surface area contributed by atoms with Gasteiger partial charge in [0.2, 0.25) is 0 Å². The zero-order chi connectivity index (χ0) is 24.1. The van der Waals surface area contributed by atoms with E-state index in [9.17, 15) is 4.39 Å². The number of ether oxygens (including phenoxy) is 1. The Morgan fingerprint density at radius 1 is 0.971 bits per heavy atom. The van der Waals surface area contributed by atoms with E-state index in [2.05, 4.69) is 24.1 Å². The number of anilines is 1. The molecule has 34 heavy (non-hydrogen) atoms. The summed E-state index contributed by atoms with van der Waals surface area (Å²) in [7, 11) is 1.66. The Labute approximate surface area is 205 Å². The number of hydrogen-bond acceptors (Lipinski definition) is 4. The maximum atomic E-state index is 13.7. The number of hydrogen-bond donors (Lipinski definition) is 1. The van der Waals surface area contributed by atoms with Gasteiger partial charge in [0.05, 0.1) is 29.9 Å². The molecule has 6 heteroatoms. The number of halogens is 2. The molecule has 0 radical (unpaired) electrons. The number of rotatable bonds is 10. The first-order valence-electron chi connectivity index (χ1n) is 11.8. The normalized spacial score (nSPS) is 12.4. The lowest BCUT2D eigenvalue weighted by atomic mass is 9.99. The summed E-state index contributed by atoms with van der Waals surface area (Å²) in [5.74, 6) is 0.537. The summed E-state index contributed by atoms with van der Waals surface area (Å²) >= 11 is 6.29. The monoisotopic (exact) mass is 479 g/mol. The molecule has 0 saturated heterocycles. The van der Waals surface area contributed by atoms with E-state index in [4.69, 9.17) is 21.3 Å². The lowest BCUT2D eigenvalue weighted by Gasteiger charge is -2.25. The highest BCUT2D eigenvalue weighted by Gasteiger charge is 2.17. The Bertz CT molecular complexity index is 1260. The van der Waals surface area contributed by atoms with Gasteiger partial charge in [-0.15, -0.1) is 0 Å². The highest BCUT2D eigenvalue weighted by atomic mass is 35.5. The molecular weight excluding hydrogens is 449 g/mol. The topological polar surface area (TPSA) is 37.4 Å². The number of methoxy groups -OCH3 is 1. The molecule has 3 aromatic carbocycles. The van der Waals surface area contributed by atoms with Crippen LogP contribution in [0.25, 0.3) is 21.8 Å². The van der Waals surface area contributed by atoms with Crippen molar-refractivity contribution in [1.29, 1.82) is 0 Å². The third kappa shape index (κ3) is 5.43. The van der Waals surface area contributed by atoms with Crippen LogP contribution in [0, 0.1) is 5.82 Å². The second-order valence-electron chi connectivity index (χ2n) is 8.45. The predicted octanol–water partition coefficient (Wildman–Crippen LogP) is 7.46. The molecule has 1 heterocycles. The third-order valence-corrected chi connectivity index (χ3v) is 6.63. The molecule has 4 aromatic rings. The van der Waals surface area contributed by atoms with Gasteiger partial charge in [0.25, 0.3) is 0 Å². The maximum absolute atomic E-state index is 13.7. The van der Waals surface area contributed by atoms with Crippen molar-refractivity contribution in [3.63, 3.8) is 0 Å². The quantitative estimate of drug-likeness (QED) is 0.239. The fourth-order valence-electron chi connectivity index (χ4n) is 4.43. The molecule has 1 unspecified atom stereocenters. The number of fused-ring (bicyclic) bond motifs is 2. The van der Waals surface area contributed by atoms with Crippen LogP contribution >= 0.6 is 11.6 Å². The zero-order valence-electron chi connectivity index (χ0n) is 19.9. The van der Waals surface area contributed by atoms with Crippen molar-refractivity contribution in [3.8, 4) is 5.75 Å². The maximum Gasteiger partial charge on any atom is 0.123 e. The highest BCUT2D eigenvalue weighted by Crippen LogP contribution is 2.37. The molecule has 178 valence electrons. The fourth-order valence-corrected chi connectivity index (χ4v) is 4.60. The van der Waals surface area contributed by atoms with E-state index in [1.54, 1.807) is 7.11 Å². The Balaban J connectivity index is 1.78. The molecule has 0 saturated carbocycles. The van der Waals surface area contributed by atoms with Crippen molar-refractivity contribution in [2.24, 2.45) is 0 Å². The number of nitrogens with zero attached hydrogens (tertiary/aromatic N) is 2. The minimum atomic E-state index is -0.232. The van der Waals surface area contributed by atoms with Crippen LogP contribution < -0.4 is 10.1 Å². The van der Waals surface area contributed by atoms with Crippen LogP contribution in [-0.4, -0.2) is 36.6 Å². The molecule has 0 bridgehead atoms. The first kappa shape index (κ1) is 24.2. The second-order valence-corrected chi connectivity index (χ2v) is 8.89. The van der Waals surface area contributed by atoms with Gasteiger partial charge in [0.15, 0.2) is 0 Å². The summed E-state index contributed by atoms with van der Waals surface area (Å²) in [6.45, 7) is 7.46. The van der Waals surface area contributed by atoms with Crippen molar-refractivity contribution in [2.45, 2.75) is 32.7 Å². The number of pyridine rings is 1. The van der Waals surface area contributed by atoms with Crippen molar-refractivity contribution in [3.05, 3.63) is 77.1 Å². The van der Waals surface area contributed by atoms with Gasteiger partial charge in [-0.05, 0) is 86.6 Å². The summed E-state index contributed by atoms with van der Waals surface area (Å²) in [6.07, 6.45) is 1.93. The molecule has 1 aromatic heterocycles. The van der Waals surface area contributed by atoms with E-state index >= 15 is 0 Å². The number of benzene rings is 3. The van der Waals surface area contributed by atoms with Crippen molar-refractivity contribution in [1.82, 2.24) is 9.88 Å². The molecule has 0 aliphatic carbocycles. The van der Waals surface area contributed by atoms with Gasteiger partial charge in [-0.25, -0.2) is 9.37 Å². The summed E-state index contributed by atoms with van der Waals surface area (Å²) in [5, 5.41) is 6.41. The summed E-state index contributed by atoms with van der Waals surface area (Å²) in [6, 6.07) is 18.5. The van der Waals surface area contributed by atoms with Crippen molar-refractivity contribution < 1.29 is 9.13 Å². The lowest BCUT2D eigenvalue weighted by molar-refractivity contribution is 0.294. The van der Waals surface area contributed by atoms with Gasteiger partial charge in [-0.1, -0.05) is 37.6 Å². The van der Waals surface area contributed by atoms with Gasteiger partial charge in [0.1, 0.15) is 11.6 Å². The van der Waals surface area contributed by atoms with E-state index in [0.717, 1.165) is 71.3 Å². The number of aromatic nitrogens is 1. The Morgan fingerprint density at radius 3 is 2.44 bits per heavy atom. The SMILES string of the molecule is CCN(CC)CCCC(Nc1c2ccc(Cl)cc2nc2ccc(OC)cc12)c1ccc(F)cc1. The molecule has 4 rings (SSSR count). The van der Waals surface area contributed by atoms with E-state index in [1.165, 1.54) is 12.1 Å². The van der Waals surface area contributed by atoms with Crippen LogP contribution in [0.1, 0.15) is 38.3 Å². The van der Waals surface area contributed by atoms with Gasteiger partial charge in [-0.3, -0.25) is 0 Å². The average molecular weight is 480 g/mol. The second kappa shape index (κ2) is 11.0. The highest BCUT2D eigenvalue weighted by molar-refractivity contribution is 6.31. The smallest absolute Gasteiger partial charge is 0.123 e. The standard InChI is InChI=1S/C28H31ClFN3O/c1-4-33(5-2)16-6-7-25(19-8-11-21(30)12-9-19)32-28-23-14-10-20(29)17-27(23)31-26-15-13-22(34-3)18-24(26)28/h8-15,17-18,25H,4-7,16H2,1-3H3,(H,31,32). The molecule has 0 spiro atoms. The molecule has 0 amide bonds. The summed E-state index contributed by atoms with van der Waals surface area (Å²) < 4.78 is 19.2. The van der Waals surface area contributed by atoms with E-state index in [0.29, 0.717) is 5.02 Å². The molecule has 1 atom stereocenters. The average Bonchev–Trinajstić information content (AvgIpc) is 2.85. The Kier molecular flexibility index (Phi) is 7.86. The molecule has 4 nitrogen and oxygen atoms in total. The molecular formula is C28H31ClFN3O. The minimum Gasteiger partial charge on any atom is -0.497 e. The molecule has 0 aliphatic rings.